The van der Waals surface area contributed by atoms with E-state index in [1.54, 1.807) is 0 Å². The zero-order valence-corrected chi connectivity index (χ0v) is 8.68. The largest absolute Gasteiger partial charge is 0.480 e. The van der Waals surface area contributed by atoms with Crippen molar-refractivity contribution >= 4 is 11.8 Å². The van der Waals surface area contributed by atoms with Gasteiger partial charge in [0.2, 0.25) is 0 Å². The van der Waals surface area contributed by atoms with E-state index in [4.69, 9.17) is 5.11 Å². The summed E-state index contributed by atoms with van der Waals surface area (Å²) in [6.45, 7) is 2.70. The van der Waals surface area contributed by atoms with E-state index in [0.717, 1.165) is 24.5 Å². The predicted molar refractivity (Wildman–Crippen MR) is 57.0 cm³/mol. The minimum Gasteiger partial charge on any atom is -0.480 e. The van der Waals surface area contributed by atoms with E-state index in [9.17, 15) is 4.79 Å². The Labute approximate surface area is 88.6 Å². The standard InChI is InChI=1S/C11H14N2O2/c1-8-4-2-6-10(12-8)13-7-3-5-9(13)11(14)15/h2,4,6,9H,3,5,7H2,1H3,(H,14,15)/t9-/m1/s1. The molecule has 0 saturated carbocycles. The monoisotopic (exact) mass is 206 g/mol. The summed E-state index contributed by atoms with van der Waals surface area (Å²) in [4.78, 5) is 17.2. The molecule has 1 atom stereocenters. The van der Waals surface area contributed by atoms with Crippen LogP contribution in [0.5, 0.6) is 0 Å². The summed E-state index contributed by atoms with van der Waals surface area (Å²) in [7, 11) is 0. The third-order valence-electron chi connectivity index (χ3n) is 2.71. The molecule has 1 saturated heterocycles. The Morgan fingerprint density at radius 1 is 1.60 bits per heavy atom. The second-order valence-corrected chi connectivity index (χ2v) is 3.83. The first-order valence-corrected chi connectivity index (χ1v) is 5.11. The number of hydrogen-bond donors (Lipinski definition) is 1. The normalized spacial score (nSPS) is 20.6. The minimum atomic E-state index is -0.754. The average molecular weight is 206 g/mol. The highest BCUT2D eigenvalue weighted by atomic mass is 16.4. The molecule has 1 N–H and O–H groups in total. The fraction of sp³-hybridized carbons (Fsp3) is 0.455. The van der Waals surface area contributed by atoms with Gasteiger partial charge in [-0.2, -0.15) is 0 Å². The van der Waals surface area contributed by atoms with E-state index >= 15 is 0 Å². The molecule has 4 heteroatoms. The van der Waals surface area contributed by atoms with E-state index in [0.29, 0.717) is 6.42 Å². The van der Waals surface area contributed by atoms with Gasteiger partial charge in [-0.15, -0.1) is 0 Å². The van der Waals surface area contributed by atoms with Crippen molar-refractivity contribution in [3.63, 3.8) is 0 Å². The van der Waals surface area contributed by atoms with Crippen LogP contribution in [-0.2, 0) is 4.79 Å². The Balaban J connectivity index is 2.26. The van der Waals surface area contributed by atoms with E-state index in [2.05, 4.69) is 4.98 Å². The number of anilines is 1. The van der Waals surface area contributed by atoms with Crippen molar-refractivity contribution < 1.29 is 9.90 Å². The van der Waals surface area contributed by atoms with Gasteiger partial charge in [0, 0.05) is 12.2 Å². The first kappa shape index (κ1) is 9.96. The number of hydrogen-bond acceptors (Lipinski definition) is 3. The fourth-order valence-corrected chi connectivity index (χ4v) is 1.99. The molecule has 1 aromatic heterocycles. The van der Waals surface area contributed by atoms with Crippen LogP contribution in [0.25, 0.3) is 0 Å². The maximum atomic E-state index is 11.0. The van der Waals surface area contributed by atoms with Gasteiger partial charge in [-0.25, -0.2) is 9.78 Å². The highest BCUT2D eigenvalue weighted by Gasteiger charge is 2.31. The molecule has 0 aliphatic carbocycles. The molecule has 0 bridgehead atoms. The number of carbonyl (C=O) groups is 1. The Kier molecular flexibility index (Phi) is 2.58. The Hall–Kier alpha value is -1.58. The van der Waals surface area contributed by atoms with Gasteiger partial charge >= 0.3 is 5.97 Å². The topological polar surface area (TPSA) is 53.4 Å². The van der Waals surface area contributed by atoms with Crippen LogP contribution >= 0.6 is 0 Å². The second-order valence-electron chi connectivity index (χ2n) is 3.83. The summed E-state index contributed by atoms with van der Waals surface area (Å²) in [6.07, 6.45) is 1.64. The lowest BCUT2D eigenvalue weighted by atomic mass is 10.2. The summed E-state index contributed by atoms with van der Waals surface area (Å²) >= 11 is 0. The van der Waals surface area contributed by atoms with Gasteiger partial charge in [0.25, 0.3) is 0 Å². The molecule has 0 unspecified atom stereocenters. The van der Waals surface area contributed by atoms with E-state index in [1.165, 1.54) is 0 Å². The van der Waals surface area contributed by atoms with E-state index in [1.807, 2.05) is 30.0 Å². The van der Waals surface area contributed by atoms with E-state index in [-0.39, 0.29) is 0 Å². The van der Waals surface area contributed by atoms with Gasteiger partial charge in [-0.05, 0) is 31.9 Å². The molecule has 2 heterocycles. The second kappa shape index (κ2) is 3.88. The van der Waals surface area contributed by atoms with Crippen LogP contribution in [0.15, 0.2) is 18.2 Å². The number of carboxylic acid groups (broad SMARTS) is 1. The number of aryl methyl sites for hydroxylation is 1. The molecule has 1 aliphatic rings. The molecule has 4 nitrogen and oxygen atoms in total. The lowest BCUT2D eigenvalue weighted by molar-refractivity contribution is -0.138. The van der Waals surface area contributed by atoms with Crippen LogP contribution < -0.4 is 4.90 Å². The molecular weight excluding hydrogens is 192 g/mol. The zero-order valence-electron chi connectivity index (χ0n) is 8.68. The summed E-state index contributed by atoms with van der Waals surface area (Å²) < 4.78 is 0. The van der Waals surface area contributed by atoms with Crippen molar-refractivity contribution in [2.75, 3.05) is 11.4 Å². The maximum Gasteiger partial charge on any atom is 0.326 e. The van der Waals surface area contributed by atoms with Gasteiger partial charge in [0.15, 0.2) is 0 Å². The molecule has 2 rings (SSSR count). The quantitative estimate of drug-likeness (QED) is 0.795. The molecule has 0 spiro atoms. The Morgan fingerprint density at radius 2 is 2.40 bits per heavy atom. The highest BCUT2D eigenvalue weighted by molar-refractivity contribution is 5.78. The lowest BCUT2D eigenvalue weighted by Gasteiger charge is -2.22. The predicted octanol–water partition coefficient (Wildman–Crippen LogP) is 1.44. The van der Waals surface area contributed by atoms with Crippen molar-refractivity contribution in [1.82, 2.24) is 4.98 Å². The first-order valence-electron chi connectivity index (χ1n) is 5.11. The fourth-order valence-electron chi connectivity index (χ4n) is 1.99. The number of rotatable bonds is 2. The zero-order chi connectivity index (χ0) is 10.8. The number of aromatic nitrogens is 1. The third-order valence-corrected chi connectivity index (χ3v) is 2.71. The van der Waals surface area contributed by atoms with Crippen LogP contribution in [0.2, 0.25) is 0 Å². The van der Waals surface area contributed by atoms with Crippen molar-refractivity contribution in [2.24, 2.45) is 0 Å². The van der Waals surface area contributed by atoms with Crippen LogP contribution in [0.4, 0.5) is 5.82 Å². The molecule has 1 fully saturated rings. The van der Waals surface area contributed by atoms with Crippen LogP contribution in [0.1, 0.15) is 18.5 Å². The first-order chi connectivity index (χ1) is 7.18. The summed E-state index contributed by atoms with van der Waals surface area (Å²) in [5, 5.41) is 9.04. The van der Waals surface area contributed by atoms with Crippen molar-refractivity contribution in [1.29, 1.82) is 0 Å². The minimum absolute atomic E-state index is 0.403. The van der Waals surface area contributed by atoms with Gasteiger partial charge in [-0.3, -0.25) is 0 Å². The lowest BCUT2D eigenvalue weighted by Crippen LogP contribution is -2.36. The third kappa shape index (κ3) is 1.93. The van der Waals surface area contributed by atoms with Crippen LogP contribution in [0, 0.1) is 6.92 Å². The van der Waals surface area contributed by atoms with Gasteiger partial charge in [-0.1, -0.05) is 6.07 Å². The SMILES string of the molecule is Cc1cccc(N2CCC[C@@H]2C(=O)O)n1. The number of carboxylic acids is 1. The number of aliphatic carboxylic acids is 1. The van der Waals surface area contributed by atoms with Crippen molar-refractivity contribution in [3.05, 3.63) is 23.9 Å². The molecule has 1 aromatic rings. The van der Waals surface area contributed by atoms with Crippen molar-refractivity contribution in [3.8, 4) is 0 Å². The van der Waals surface area contributed by atoms with E-state index < -0.39 is 12.0 Å². The summed E-state index contributed by atoms with van der Waals surface area (Å²) in [5.41, 5.74) is 0.920. The van der Waals surface area contributed by atoms with Crippen LogP contribution in [0.3, 0.4) is 0 Å². The molecule has 80 valence electrons. The summed E-state index contributed by atoms with van der Waals surface area (Å²) in [5.74, 6) is 0.0238. The number of nitrogens with zero attached hydrogens (tertiary/aromatic N) is 2. The maximum absolute atomic E-state index is 11.0. The average Bonchev–Trinajstić information content (AvgIpc) is 2.65. The summed E-state index contributed by atoms with van der Waals surface area (Å²) in [6, 6.07) is 5.29. The molecule has 1 aliphatic heterocycles. The van der Waals surface area contributed by atoms with Gasteiger partial charge in [0.05, 0.1) is 0 Å². The molecule has 15 heavy (non-hydrogen) atoms. The van der Waals surface area contributed by atoms with Gasteiger partial charge < -0.3 is 10.0 Å². The van der Waals surface area contributed by atoms with Crippen LogP contribution in [-0.4, -0.2) is 28.6 Å². The van der Waals surface area contributed by atoms with Crippen molar-refractivity contribution in [2.45, 2.75) is 25.8 Å². The highest BCUT2D eigenvalue weighted by Crippen LogP contribution is 2.23. The Morgan fingerprint density at radius 3 is 3.07 bits per heavy atom. The Bertz CT molecular complexity index is 379. The smallest absolute Gasteiger partial charge is 0.326 e. The number of pyridine rings is 1. The molecule has 0 aromatic carbocycles. The molecule has 0 radical (unpaired) electrons. The van der Waals surface area contributed by atoms with Gasteiger partial charge in [0.1, 0.15) is 11.9 Å². The molecular formula is C11H14N2O2. The molecule has 0 amide bonds.